The molecule has 0 saturated carbocycles. The lowest BCUT2D eigenvalue weighted by atomic mass is 9.81. The van der Waals surface area contributed by atoms with E-state index in [0.717, 1.165) is 16.7 Å². The summed E-state index contributed by atoms with van der Waals surface area (Å²) >= 11 is 0. The van der Waals surface area contributed by atoms with E-state index >= 15 is 0 Å². The lowest BCUT2D eigenvalue weighted by Crippen LogP contribution is -2.49. The third-order valence-electron chi connectivity index (χ3n) is 18.0. The minimum Gasteiger partial charge on any atom is -0.398 e. The maximum absolute atomic E-state index is 14.3. The van der Waals surface area contributed by atoms with Crippen molar-refractivity contribution in [2.45, 2.75) is 196 Å². The van der Waals surface area contributed by atoms with Gasteiger partial charge in [-0.15, -0.1) is 0 Å². The summed E-state index contributed by atoms with van der Waals surface area (Å²) in [5, 5.41) is 26.8. The summed E-state index contributed by atoms with van der Waals surface area (Å²) in [6, 6.07) is 11.9. The number of azide groups is 1. The van der Waals surface area contributed by atoms with Crippen LogP contribution in [0, 0.1) is 0 Å². The Labute approximate surface area is 620 Å². The highest BCUT2D eigenvalue weighted by molar-refractivity contribution is 6.01. The molecule has 0 fully saturated rings. The van der Waals surface area contributed by atoms with Crippen LogP contribution in [0.25, 0.3) is 10.4 Å². The zero-order valence-corrected chi connectivity index (χ0v) is 62.8. The van der Waals surface area contributed by atoms with Crippen molar-refractivity contribution in [1.29, 1.82) is 0 Å². The number of nitrogen functional groups attached to an aromatic ring is 3. The average molecular weight is 1470 g/mol. The topological polar surface area (TPSA) is 465 Å². The zero-order valence-electron chi connectivity index (χ0n) is 62.8. The molecular weight excluding hydrogens is 1360 g/mol. The summed E-state index contributed by atoms with van der Waals surface area (Å²) in [6.45, 7) is 17.0. The maximum Gasteiger partial charge on any atom is 0.319 e. The monoisotopic (exact) mass is 1470 g/mol. The van der Waals surface area contributed by atoms with Gasteiger partial charge in [0.05, 0.1) is 82.0 Å². The van der Waals surface area contributed by atoms with Crippen molar-refractivity contribution >= 4 is 98.8 Å². The van der Waals surface area contributed by atoms with Crippen molar-refractivity contribution in [3.05, 3.63) is 121 Å². The van der Waals surface area contributed by atoms with Gasteiger partial charge in [-0.1, -0.05) is 25.9 Å². The Morgan fingerprint density at radius 2 is 0.745 bits per heavy atom. The van der Waals surface area contributed by atoms with E-state index in [1.54, 1.807) is 0 Å². The van der Waals surface area contributed by atoms with Crippen LogP contribution in [-0.4, -0.2) is 147 Å². The van der Waals surface area contributed by atoms with Gasteiger partial charge in [0.2, 0.25) is 5.91 Å². The molecule has 0 saturated heterocycles. The van der Waals surface area contributed by atoms with Gasteiger partial charge in [-0.2, -0.15) is 0 Å². The molecule has 0 aliphatic heterocycles. The number of hydrogen-bond donors (Lipinski definition) is 11. The highest BCUT2D eigenvalue weighted by Gasteiger charge is 2.35. The quantitative estimate of drug-likeness (QED) is 0.00646. The maximum atomic E-state index is 14.3. The van der Waals surface area contributed by atoms with E-state index in [0.29, 0.717) is 81.2 Å². The van der Waals surface area contributed by atoms with Gasteiger partial charge in [-0.3, -0.25) is 19.2 Å². The molecule has 4 aromatic carbocycles. The second-order valence-corrected chi connectivity index (χ2v) is 26.4. The summed E-state index contributed by atoms with van der Waals surface area (Å²) < 4.78 is 21.8. The molecular formula is C76H108N14O16. The SMILES string of the molecule is CCc1c(CNC(=O)Cc2cc(C(=O)NC(CCC(C)=O)(CCC(C)=O)CCC(C)=O)ccc2N)c(CC)c(CNC(=O)Nc2cc(C(=O)NC(CCC(C)=O)(CCC(C)=O)CCC(C)=O)ccc2N)c(CC)c1CNC(=O)Nc1cc(C(=O)NCCOCCOCCOCCOCCN=[N+]=[N-])ccc1N. The molecule has 14 N–H and O–H groups in total. The van der Waals surface area contributed by atoms with Crippen LogP contribution in [-0.2, 0) is 97.8 Å². The average Bonchev–Trinajstić information content (AvgIpc) is 0.771. The summed E-state index contributed by atoms with van der Waals surface area (Å²) in [6.07, 6.45) is 2.56. The normalized spacial score (nSPS) is 11.2. The number of ether oxygens (including phenoxy) is 4. The van der Waals surface area contributed by atoms with Gasteiger partial charge in [0, 0.05) is 110 Å². The number of urea groups is 2. The van der Waals surface area contributed by atoms with Gasteiger partial charge >= 0.3 is 12.1 Å². The number of carbonyl (C=O) groups excluding carboxylic acids is 12. The van der Waals surface area contributed by atoms with E-state index in [2.05, 4.69) is 52.6 Å². The Kier molecular flexibility index (Phi) is 38.3. The fourth-order valence-corrected chi connectivity index (χ4v) is 12.1. The number of nitrogens with one attached hydrogen (secondary N) is 8. The van der Waals surface area contributed by atoms with Crippen LogP contribution in [0.15, 0.2) is 59.7 Å². The molecule has 0 radical (unpaired) electrons. The van der Waals surface area contributed by atoms with Crippen LogP contribution >= 0.6 is 0 Å². The van der Waals surface area contributed by atoms with E-state index in [9.17, 15) is 57.5 Å². The van der Waals surface area contributed by atoms with Crippen LogP contribution < -0.4 is 59.7 Å². The smallest absolute Gasteiger partial charge is 0.319 e. The van der Waals surface area contributed by atoms with Crippen molar-refractivity contribution in [3.63, 3.8) is 0 Å². The minimum absolute atomic E-state index is 0.0483. The number of nitrogens with zero attached hydrogens (tertiary/aromatic N) is 3. The molecule has 4 aromatic rings. The first-order valence-corrected chi connectivity index (χ1v) is 35.9. The predicted molar refractivity (Wildman–Crippen MR) is 404 cm³/mol. The molecule has 0 aliphatic carbocycles. The molecule has 578 valence electrons. The number of Topliss-reactive ketones (excluding diaryl/α,β-unsaturated/α-hetero) is 6. The van der Waals surface area contributed by atoms with E-state index in [1.807, 2.05) is 20.8 Å². The van der Waals surface area contributed by atoms with E-state index in [-0.39, 0.29) is 209 Å². The molecule has 0 heterocycles. The lowest BCUT2D eigenvalue weighted by molar-refractivity contribution is -0.121. The summed E-state index contributed by atoms with van der Waals surface area (Å²) in [5.41, 5.74) is 31.3. The highest BCUT2D eigenvalue weighted by Crippen LogP contribution is 2.34. The molecule has 0 spiro atoms. The first-order valence-electron chi connectivity index (χ1n) is 35.9. The molecule has 0 aromatic heterocycles. The number of carbonyl (C=O) groups is 12. The van der Waals surface area contributed by atoms with Crippen LogP contribution in [0.2, 0.25) is 0 Å². The second-order valence-electron chi connectivity index (χ2n) is 26.4. The Hall–Kier alpha value is -10.1. The van der Waals surface area contributed by atoms with Crippen LogP contribution in [0.3, 0.4) is 0 Å². The van der Waals surface area contributed by atoms with Gasteiger partial charge in [0.25, 0.3) is 17.7 Å². The molecule has 30 nitrogen and oxygen atoms in total. The Morgan fingerprint density at radius 1 is 0.415 bits per heavy atom. The number of hydrogen-bond acceptors (Lipinski definition) is 20. The summed E-state index contributed by atoms with van der Waals surface area (Å²) in [5.74, 6) is -2.88. The molecule has 0 aliphatic rings. The van der Waals surface area contributed by atoms with Crippen molar-refractivity contribution in [2.24, 2.45) is 5.11 Å². The molecule has 0 atom stereocenters. The van der Waals surface area contributed by atoms with E-state index < -0.39 is 46.8 Å². The molecule has 0 unspecified atom stereocenters. The number of amides is 8. The molecule has 8 amide bonds. The molecule has 0 bridgehead atoms. The van der Waals surface area contributed by atoms with Crippen molar-refractivity contribution < 1.29 is 76.5 Å². The first kappa shape index (κ1) is 88.3. The standard InChI is InChI=1S/C76H108N14O16/c1-10-58-61(45-82-69(97)44-57-41-54(13-16-64(57)77)71(99)88-75(25-19-48(4)91,26-20-49(5)92)27-21-50(6)93)59(11-2)63(47-84-74(102)87-68-43-56(15-18-66(68)79)72(100)89-76(28-22-51(7)94,29-23-52(8)95)30-24-53(9)96)60(12-3)62(58)46-83-73(101)86-67-42-55(14-17-65(67)78)70(98)81-31-33-103-35-37-105-39-40-106-38-36-104-34-32-85-90-80/h13-18,41-43H,10-12,19-40,44-47,77-79H2,1-9H3,(H,81,98)(H,82,97)(H,88,99)(H,89,100)(H2,83,86,101)(H2,84,87,102). The van der Waals surface area contributed by atoms with Gasteiger partial charge in [-0.05, 0) is 198 Å². The molecule has 106 heavy (non-hydrogen) atoms. The summed E-state index contributed by atoms with van der Waals surface area (Å²) in [7, 11) is 0. The highest BCUT2D eigenvalue weighted by atomic mass is 16.6. The Bertz CT molecular complexity index is 3530. The zero-order chi connectivity index (χ0) is 78.4. The van der Waals surface area contributed by atoms with Gasteiger partial charge in [-0.25, -0.2) is 9.59 Å². The largest absolute Gasteiger partial charge is 0.398 e. The minimum atomic E-state index is -1.09. The third-order valence-corrected chi connectivity index (χ3v) is 18.0. The third kappa shape index (κ3) is 30.9. The number of ketones is 6. The van der Waals surface area contributed by atoms with Crippen molar-refractivity contribution in [3.8, 4) is 0 Å². The van der Waals surface area contributed by atoms with E-state index in [1.165, 1.54) is 96.1 Å². The van der Waals surface area contributed by atoms with Crippen molar-refractivity contribution in [2.75, 3.05) is 93.8 Å². The van der Waals surface area contributed by atoms with Gasteiger partial charge in [0.15, 0.2) is 0 Å². The Balaban J connectivity index is 1.65. The molecule has 30 heteroatoms. The van der Waals surface area contributed by atoms with Crippen LogP contribution in [0.1, 0.15) is 209 Å². The van der Waals surface area contributed by atoms with Gasteiger partial charge in [0.1, 0.15) is 34.7 Å². The number of benzene rings is 4. The number of anilines is 5. The van der Waals surface area contributed by atoms with Crippen LogP contribution in [0.4, 0.5) is 38.0 Å². The van der Waals surface area contributed by atoms with Gasteiger partial charge < -0.3 is 107 Å². The lowest BCUT2D eigenvalue weighted by Gasteiger charge is -2.35. The number of rotatable bonds is 51. The molecule has 4 rings (SSSR count). The Morgan fingerprint density at radius 3 is 1.10 bits per heavy atom. The van der Waals surface area contributed by atoms with Crippen LogP contribution in [0.5, 0.6) is 0 Å². The number of nitrogens with two attached hydrogens (primary N) is 3. The predicted octanol–water partition coefficient (Wildman–Crippen LogP) is 8.88. The second kappa shape index (κ2) is 46.0. The van der Waals surface area contributed by atoms with E-state index in [4.69, 9.17) is 41.7 Å². The fourth-order valence-electron chi connectivity index (χ4n) is 12.1. The summed E-state index contributed by atoms with van der Waals surface area (Å²) in [4.78, 5) is 161. The fraction of sp³-hybridized carbons (Fsp3) is 0.526. The van der Waals surface area contributed by atoms with Crippen molar-refractivity contribution in [1.82, 2.24) is 31.9 Å². The first-order chi connectivity index (χ1) is 50.5.